The third-order valence-electron chi connectivity index (χ3n) is 5.24. The maximum absolute atomic E-state index is 12.7. The summed E-state index contributed by atoms with van der Waals surface area (Å²) in [7, 11) is 0. The van der Waals surface area contributed by atoms with Crippen molar-refractivity contribution in [3.05, 3.63) is 0 Å². The van der Waals surface area contributed by atoms with Crippen molar-refractivity contribution in [3.8, 4) is 0 Å². The third kappa shape index (κ3) is 3.19. The van der Waals surface area contributed by atoms with Crippen LogP contribution in [0.3, 0.4) is 0 Å². The molecule has 0 aromatic heterocycles. The minimum atomic E-state index is 0.0375. The summed E-state index contributed by atoms with van der Waals surface area (Å²) in [5.74, 6) is 1.64. The number of nitrogens with one attached hydrogen (secondary N) is 1. The monoisotopic (exact) mass is 280 g/mol. The topological polar surface area (TPSA) is 32.3 Å². The largest absolute Gasteiger partial charge is 0.323 e. The van der Waals surface area contributed by atoms with Gasteiger partial charge >= 0.3 is 0 Å². The molecule has 1 amide bonds. The van der Waals surface area contributed by atoms with Crippen LogP contribution in [0.5, 0.6) is 0 Å². The van der Waals surface area contributed by atoms with Crippen molar-refractivity contribution >= 4 is 5.91 Å². The van der Waals surface area contributed by atoms with E-state index in [0.29, 0.717) is 17.9 Å². The summed E-state index contributed by atoms with van der Waals surface area (Å²) in [6, 6.07) is 0.522. The summed E-state index contributed by atoms with van der Waals surface area (Å²) in [6.07, 6.45) is 8.81. The van der Waals surface area contributed by atoms with Crippen LogP contribution in [0.1, 0.15) is 72.6 Å². The fraction of sp³-hybridized carbons (Fsp3) is 0.941. The number of hydrogen-bond acceptors (Lipinski definition) is 2. The Labute approximate surface area is 124 Å². The van der Waals surface area contributed by atoms with E-state index in [2.05, 4.69) is 37.9 Å². The summed E-state index contributed by atoms with van der Waals surface area (Å²) in [5, 5.41) is 3.59. The molecule has 2 unspecified atom stereocenters. The highest BCUT2D eigenvalue weighted by atomic mass is 16.2. The third-order valence-corrected chi connectivity index (χ3v) is 5.24. The first-order chi connectivity index (χ1) is 9.58. The van der Waals surface area contributed by atoms with Crippen molar-refractivity contribution in [2.45, 2.75) is 90.9 Å². The van der Waals surface area contributed by atoms with Gasteiger partial charge in [-0.05, 0) is 43.9 Å². The highest BCUT2D eigenvalue weighted by Gasteiger charge is 2.43. The number of hydrogen-bond donors (Lipinski definition) is 1. The SMILES string of the molecule is CCCC1NC(C(C)C)C(=O)N1C1CCC(CC)CC1. The molecule has 116 valence electrons. The number of amides is 1. The van der Waals surface area contributed by atoms with Gasteiger partial charge in [-0.1, -0.05) is 40.5 Å². The highest BCUT2D eigenvalue weighted by Crippen LogP contribution is 2.33. The Morgan fingerprint density at radius 2 is 1.85 bits per heavy atom. The highest BCUT2D eigenvalue weighted by molar-refractivity contribution is 5.85. The lowest BCUT2D eigenvalue weighted by Gasteiger charge is -2.37. The summed E-state index contributed by atoms with van der Waals surface area (Å²) in [4.78, 5) is 15.0. The van der Waals surface area contributed by atoms with E-state index in [1.54, 1.807) is 0 Å². The Morgan fingerprint density at radius 3 is 2.35 bits per heavy atom. The van der Waals surface area contributed by atoms with Crippen LogP contribution in [-0.4, -0.2) is 29.1 Å². The second kappa shape index (κ2) is 6.93. The Bertz CT molecular complexity index is 321. The van der Waals surface area contributed by atoms with Gasteiger partial charge in [-0.15, -0.1) is 0 Å². The van der Waals surface area contributed by atoms with Gasteiger partial charge in [0.1, 0.15) is 0 Å². The molecular formula is C17H32N2O. The molecule has 0 radical (unpaired) electrons. The summed E-state index contributed by atoms with van der Waals surface area (Å²) >= 11 is 0. The number of rotatable bonds is 5. The zero-order chi connectivity index (χ0) is 14.7. The van der Waals surface area contributed by atoms with Gasteiger partial charge in [-0.2, -0.15) is 0 Å². The van der Waals surface area contributed by atoms with Crippen molar-refractivity contribution in [1.82, 2.24) is 10.2 Å². The smallest absolute Gasteiger partial charge is 0.241 e. The molecule has 0 aromatic carbocycles. The van der Waals surface area contributed by atoms with Crippen LogP contribution < -0.4 is 5.32 Å². The molecule has 3 heteroatoms. The lowest BCUT2D eigenvalue weighted by molar-refractivity contribution is -0.133. The van der Waals surface area contributed by atoms with Gasteiger partial charge < -0.3 is 4.90 Å². The molecule has 1 aliphatic heterocycles. The van der Waals surface area contributed by atoms with Gasteiger partial charge in [0.2, 0.25) is 5.91 Å². The van der Waals surface area contributed by atoms with E-state index in [1.165, 1.54) is 32.1 Å². The molecule has 20 heavy (non-hydrogen) atoms. The minimum absolute atomic E-state index is 0.0375. The van der Waals surface area contributed by atoms with Crippen LogP contribution in [0, 0.1) is 11.8 Å². The van der Waals surface area contributed by atoms with Crippen molar-refractivity contribution in [3.63, 3.8) is 0 Å². The van der Waals surface area contributed by atoms with Crippen LogP contribution >= 0.6 is 0 Å². The van der Waals surface area contributed by atoms with Gasteiger partial charge in [0, 0.05) is 6.04 Å². The molecule has 0 spiro atoms. The van der Waals surface area contributed by atoms with E-state index >= 15 is 0 Å². The molecule has 1 saturated heterocycles. The van der Waals surface area contributed by atoms with E-state index < -0.39 is 0 Å². The first-order valence-electron chi connectivity index (χ1n) is 8.66. The van der Waals surface area contributed by atoms with Gasteiger partial charge in [0.15, 0.2) is 0 Å². The second-order valence-electron chi connectivity index (χ2n) is 7.02. The fourth-order valence-electron chi connectivity index (χ4n) is 3.91. The van der Waals surface area contributed by atoms with Crippen molar-refractivity contribution in [2.24, 2.45) is 11.8 Å². The predicted molar refractivity (Wildman–Crippen MR) is 83.3 cm³/mol. The van der Waals surface area contributed by atoms with Crippen LogP contribution in [0.25, 0.3) is 0 Å². The molecule has 0 aromatic rings. The lowest BCUT2D eigenvalue weighted by atomic mass is 9.83. The molecule has 1 saturated carbocycles. The molecule has 2 atom stereocenters. The molecule has 2 fully saturated rings. The quantitative estimate of drug-likeness (QED) is 0.835. The van der Waals surface area contributed by atoms with Gasteiger partial charge in [-0.3, -0.25) is 10.1 Å². The van der Waals surface area contributed by atoms with Crippen LogP contribution in [-0.2, 0) is 4.79 Å². The summed E-state index contributed by atoms with van der Waals surface area (Å²) < 4.78 is 0. The first kappa shape index (κ1) is 15.8. The summed E-state index contributed by atoms with van der Waals surface area (Å²) in [6.45, 7) is 8.80. The lowest BCUT2D eigenvalue weighted by Crippen LogP contribution is -2.46. The van der Waals surface area contributed by atoms with E-state index in [4.69, 9.17) is 0 Å². The number of nitrogens with zero attached hydrogens (tertiary/aromatic N) is 1. The Hall–Kier alpha value is -0.570. The summed E-state index contributed by atoms with van der Waals surface area (Å²) in [5.41, 5.74) is 0. The van der Waals surface area contributed by atoms with Gasteiger partial charge in [-0.25, -0.2) is 0 Å². The average molecular weight is 280 g/mol. The molecule has 1 heterocycles. The molecule has 1 N–H and O–H groups in total. The predicted octanol–water partition coefficient (Wildman–Crippen LogP) is 3.54. The first-order valence-corrected chi connectivity index (χ1v) is 8.66. The van der Waals surface area contributed by atoms with Crippen LogP contribution in [0.15, 0.2) is 0 Å². The Balaban J connectivity index is 2.05. The number of carbonyl (C=O) groups excluding carboxylic acids is 1. The fourth-order valence-corrected chi connectivity index (χ4v) is 3.91. The normalized spacial score (nSPS) is 35.0. The van der Waals surface area contributed by atoms with Crippen molar-refractivity contribution in [1.29, 1.82) is 0 Å². The minimum Gasteiger partial charge on any atom is -0.323 e. The molecule has 1 aliphatic carbocycles. The van der Waals surface area contributed by atoms with Crippen LogP contribution in [0.4, 0.5) is 0 Å². The van der Waals surface area contributed by atoms with Gasteiger partial charge in [0.05, 0.1) is 12.2 Å². The zero-order valence-electron chi connectivity index (χ0n) is 13.7. The Morgan fingerprint density at radius 1 is 1.20 bits per heavy atom. The van der Waals surface area contributed by atoms with E-state index in [-0.39, 0.29) is 12.2 Å². The van der Waals surface area contributed by atoms with E-state index in [0.717, 1.165) is 18.8 Å². The maximum atomic E-state index is 12.7. The van der Waals surface area contributed by atoms with Gasteiger partial charge in [0.25, 0.3) is 0 Å². The van der Waals surface area contributed by atoms with E-state index in [9.17, 15) is 4.79 Å². The molecule has 3 nitrogen and oxygen atoms in total. The average Bonchev–Trinajstić information content (AvgIpc) is 2.76. The van der Waals surface area contributed by atoms with Crippen molar-refractivity contribution in [2.75, 3.05) is 0 Å². The molecule has 2 rings (SSSR count). The Kier molecular flexibility index (Phi) is 5.48. The standard InChI is InChI=1S/C17H32N2O/c1-5-7-15-18-16(12(3)4)17(20)19(15)14-10-8-13(6-2)9-11-14/h12-16,18H,5-11H2,1-4H3. The maximum Gasteiger partial charge on any atom is 0.241 e. The van der Waals surface area contributed by atoms with Crippen molar-refractivity contribution < 1.29 is 4.79 Å². The molecular weight excluding hydrogens is 248 g/mol. The second-order valence-corrected chi connectivity index (χ2v) is 7.02. The van der Waals surface area contributed by atoms with E-state index in [1.807, 2.05) is 0 Å². The van der Waals surface area contributed by atoms with Crippen LogP contribution in [0.2, 0.25) is 0 Å². The molecule has 0 bridgehead atoms. The zero-order valence-corrected chi connectivity index (χ0v) is 13.7. The number of carbonyl (C=O) groups is 1. The molecule has 2 aliphatic rings.